The Morgan fingerprint density at radius 3 is 2.40 bits per heavy atom. The summed E-state index contributed by atoms with van der Waals surface area (Å²) in [7, 11) is 1.59. The molecule has 2 saturated heterocycles. The van der Waals surface area contributed by atoms with Crippen LogP contribution in [0.3, 0.4) is 0 Å². The predicted molar refractivity (Wildman–Crippen MR) is 115 cm³/mol. The number of amides is 1. The minimum absolute atomic E-state index is 0.00693. The van der Waals surface area contributed by atoms with E-state index in [1.807, 2.05) is 35.4 Å². The number of piperidine rings is 1. The molecule has 0 N–H and O–H groups in total. The third-order valence-corrected chi connectivity index (χ3v) is 5.64. The molecule has 1 aromatic carbocycles. The van der Waals surface area contributed by atoms with Gasteiger partial charge in [-0.25, -0.2) is 4.98 Å². The number of nitrogens with zero attached hydrogens (tertiary/aromatic N) is 5. The fourth-order valence-corrected chi connectivity index (χ4v) is 3.92. The lowest BCUT2D eigenvalue weighted by atomic mass is 10.1. The van der Waals surface area contributed by atoms with Gasteiger partial charge >= 0.3 is 0 Å². The number of para-hydroxylation sites is 2. The van der Waals surface area contributed by atoms with Crippen molar-refractivity contribution in [3.63, 3.8) is 0 Å². The second kappa shape index (κ2) is 9.65. The van der Waals surface area contributed by atoms with Gasteiger partial charge < -0.3 is 24.2 Å². The van der Waals surface area contributed by atoms with Gasteiger partial charge in [-0.05, 0) is 37.5 Å². The highest BCUT2D eigenvalue weighted by Crippen LogP contribution is 2.26. The van der Waals surface area contributed by atoms with Crippen LogP contribution in [0, 0.1) is 0 Å². The van der Waals surface area contributed by atoms with Crippen LogP contribution in [0.2, 0.25) is 0 Å². The van der Waals surface area contributed by atoms with Gasteiger partial charge in [-0.3, -0.25) is 4.79 Å². The molecule has 4 rings (SSSR count). The first-order valence-corrected chi connectivity index (χ1v) is 10.6. The van der Waals surface area contributed by atoms with E-state index < -0.39 is 0 Å². The van der Waals surface area contributed by atoms with E-state index in [-0.39, 0.29) is 12.5 Å². The average molecular weight is 412 g/mol. The summed E-state index contributed by atoms with van der Waals surface area (Å²) in [6, 6.07) is 9.31. The summed E-state index contributed by atoms with van der Waals surface area (Å²) >= 11 is 0. The zero-order chi connectivity index (χ0) is 20.8. The fraction of sp³-hybridized carbons (Fsp3) is 0.500. The van der Waals surface area contributed by atoms with Crippen LogP contribution in [0.5, 0.6) is 11.5 Å². The number of hydrogen-bond donors (Lipinski definition) is 0. The average Bonchev–Trinajstić information content (AvgIpc) is 2.83. The van der Waals surface area contributed by atoms with Crippen molar-refractivity contribution >= 4 is 17.7 Å². The molecule has 0 radical (unpaired) electrons. The van der Waals surface area contributed by atoms with Gasteiger partial charge in [0.05, 0.1) is 7.11 Å². The molecule has 0 aliphatic carbocycles. The summed E-state index contributed by atoms with van der Waals surface area (Å²) in [5.74, 6) is 2.94. The molecule has 2 aliphatic heterocycles. The predicted octanol–water partition coefficient (Wildman–Crippen LogP) is 2.20. The molecule has 1 amide bonds. The van der Waals surface area contributed by atoms with Crippen molar-refractivity contribution in [1.29, 1.82) is 0 Å². The normalized spacial score (nSPS) is 17.0. The van der Waals surface area contributed by atoms with Gasteiger partial charge in [-0.1, -0.05) is 12.1 Å². The van der Waals surface area contributed by atoms with Crippen LogP contribution in [-0.2, 0) is 4.79 Å². The van der Waals surface area contributed by atoms with Crippen LogP contribution in [0.1, 0.15) is 19.3 Å². The second-order valence-corrected chi connectivity index (χ2v) is 7.57. The van der Waals surface area contributed by atoms with E-state index in [1.54, 1.807) is 13.2 Å². The van der Waals surface area contributed by atoms with Gasteiger partial charge in [0.2, 0.25) is 5.95 Å². The van der Waals surface area contributed by atoms with Gasteiger partial charge in [0.25, 0.3) is 5.91 Å². The second-order valence-electron chi connectivity index (χ2n) is 7.57. The minimum atomic E-state index is -0.0164. The Balaban J connectivity index is 1.30. The van der Waals surface area contributed by atoms with Crippen molar-refractivity contribution in [2.24, 2.45) is 0 Å². The molecule has 8 heteroatoms. The molecule has 3 heterocycles. The van der Waals surface area contributed by atoms with E-state index in [0.29, 0.717) is 24.6 Å². The van der Waals surface area contributed by atoms with Crippen molar-refractivity contribution < 1.29 is 14.3 Å². The van der Waals surface area contributed by atoms with Gasteiger partial charge in [-0.15, -0.1) is 0 Å². The van der Waals surface area contributed by atoms with Crippen LogP contribution in [0.15, 0.2) is 36.5 Å². The van der Waals surface area contributed by atoms with Crippen LogP contribution >= 0.6 is 0 Å². The van der Waals surface area contributed by atoms with E-state index in [0.717, 1.165) is 37.9 Å². The van der Waals surface area contributed by atoms with Crippen LogP contribution in [0.25, 0.3) is 0 Å². The summed E-state index contributed by atoms with van der Waals surface area (Å²) < 4.78 is 10.9. The Hall–Kier alpha value is -3.03. The van der Waals surface area contributed by atoms with E-state index in [2.05, 4.69) is 14.8 Å². The summed E-state index contributed by atoms with van der Waals surface area (Å²) in [6.45, 7) is 4.85. The molecule has 2 aliphatic rings. The maximum absolute atomic E-state index is 12.6. The quantitative estimate of drug-likeness (QED) is 0.722. The van der Waals surface area contributed by atoms with E-state index >= 15 is 0 Å². The molecular formula is C22H29N5O3. The number of ether oxygens (including phenoxy) is 2. The minimum Gasteiger partial charge on any atom is -0.493 e. The summed E-state index contributed by atoms with van der Waals surface area (Å²) in [5, 5.41) is 0. The number of hydrogen-bond acceptors (Lipinski definition) is 7. The Labute approximate surface area is 177 Å². The first kappa shape index (κ1) is 20.3. The Morgan fingerprint density at radius 1 is 0.933 bits per heavy atom. The van der Waals surface area contributed by atoms with E-state index in [1.165, 1.54) is 19.3 Å². The summed E-state index contributed by atoms with van der Waals surface area (Å²) in [4.78, 5) is 28.2. The lowest BCUT2D eigenvalue weighted by Crippen LogP contribution is -2.50. The molecular weight excluding hydrogens is 382 g/mol. The number of carbonyl (C=O) groups excluding carboxylic acids is 1. The van der Waals surface area contributed by atoms with Crippen LogP contribution in [-0.4, -0.2) is 73.8 Å². The molecule has 1 aromatic heterocycles. The third-order valence-electron chi connectivity index (χ3n) is 5.64. The van der Waals surface area contributed by atoms with Gasteiger partial charge in [0.15, 0.2) is 18.1 Å². The van der Waals surface area contributed by atoms with E-state index in [9.17, 15) is 4.79 Å². The first-order chi connectivity index (χ1) is 14.7. The monoisotopic (exact) mass is 411 g/mol. The number of aromatic nitrogens is 2. The smallest absolute Gasteiger partial charge is 0.260 e. The fourth-order valence-electron chi connectivity index (χ4n) is 3.92. The molecule has 2 fully saturated rings. The van der Waals surface area contributed by atoms with Crippen molar-refractivity contribution in [3.05, 3.63) is 36.5 Å². The number of piperazine rings is 1. The molecule has 30 heavy (non-hydrogen) atoms. The highest BCUT2D eigenvalue weighted by Gasteiger charge is 2.23. The Bertz CT molecular complexity index is 848. The summed E-state index contributed by atoms with van der Waals surface area (Å²) in [6.07, 6.45) is 5.52. The Kier molecular flexibility index (Phi) is 6.51. The molecule has 2 aromatic rings. The number of benzene rings is 1. The number of rotatable bonds is 6. The molecule has 0 spiro atoms. The number of methoxy groups -OCH3 is 1. The standard InChI is InChI=1S/C22H29N5O3/c1-29-18-7-3-4-8-19(18)30-17-21(28)26-15-13-25(14-16-26)20-9-10-23-22(24-20)27-11-5-2-6-12-27/h3-4,7-10H,2,5-6,11-17H2,1H3. The lowest BCUT2D eigenvalue weighted by Gasteiger charge is -2.36. The summed E-state index contributed by atoms with van der Waals surface area (Å²) in [5.41, 5.74) is 0. The number of anilines is 2. The highest BCUT2D eigenvalue weighted by atomic mass is 16.5. The largest absolute Gasteiger partial charge is 0.493 e. The molecule has 0 bridgehead atoms. The van der Waals surface area contributed by atoms with E-state index in [4.69, 9.17) is 14.5 Å². The van der Waals surface area contributed by atoms with Crippen molar-refractivity contribution in [1.82, 2.24) is 14.9 Å². The first-order valence-electron chi connectivity index (χ1n) is 10.6. The van der Waals surface area contributed by atoms with Crippen LogP contribution in [0.4, 0.5) is 11.8 Å². The Morgan fingerprint density at radius 2 is 1.67 bits per heavy atom. The molecule has 160 valence electrons. The SMILES string of the molecule is COc1ccccc1OCC(=O)N1CCN(c2ccnc(N3CCCCC3)n2)CC1. The molecule has 8 nitrogen and oxygen atoms in total. The maximum Gasteiger partial charge on any atom is 0.260 e. The van der Waals surface area contributed by atoms with Gasteiger partial charge in [0, 0.05) is 45.5 Å². The molecule has 0 unspecified atom stereocenters. The third kappa shape index (κ3) is 4.75. The van der Waals surface area contributed by atoms with Gasteiger partial charge in [0.1, 0.15) is 5.82 Å². The topological polar surface area (TPSA) is 71.0 Å². The number of carbonyl (C=O) groups is 1. The van der Waals surface area contributed by atoms with Crippen molar-refractivity contribution in [3.8, 4) is 11.5 Å². The molecule has 0 saturated carbocycles. The highest BCUT2D eigenvalue weighted by molar-refractivity contribution is 5.78. The van der Waals surface area contributed by atoms with Crippen LogP contribution < -0.4 is 19.3 Å². The zero-order valence-electron chi connectivity index (χ0n) is 17.5. The van der Waals surface area contributed by atoms with Crippen molar-refractivity contribution in [2.75, 3.05) is 62.8 Å². The maximum atomic E-state index is 12.6. The zero-order valence-corrected chi connectivity index (χ0v) is 17.5. The van der Waals surface area contributed by atoms with Crippen molar-refractivity contribution in [2.45, 2.75) is 19.3 Å². The van der Waals surface area contributed by atoms with Gasteiger partial charge in [-0.2, -0.15) is 4.98 Å². The lowest BCUT2D eigenvalue weighted by molar-refractivity contribution is -0.133. The molecule has 0 atom stereocenters.